The maximum absolute atomic E-state index is 12.8. The summed E-state index contributed by atoms with van der Waals surface area (Å²) in [6.07, 6.45) is 0.785. The van der Waals surface area contributed by atoms with Gasteiger partial charge in [0, 0.05) is 48.7 Å². The van der Waals surface area contributed by atoms with E-state index in [-0.39, 0.29) is 23.7 Å². The van der Waals surface area contributed by atoms with E-state index in [1.165, 1.54) is 0 Å². The van der Waals surface area contributed by atoms with E-state index < -0.39 is 0 Å². The van der Waals surface area contributed by atoms with Crippen molar-refractivity contribution in [1.82, 2.24) is 10.6 Å². The molecule has 2 heterocycles. The molecular weight excluding hydrogens is 364 g/mol. The van der Waals surface area contributed by atoms with E-state index in [1.807, 2.05) is 33.9 Å². The van der Waals surface area contributed by atoms with Crippen molar-refractivity contribution in [3.63, 3.8) is 0 Å². The minimum Gasteiger partial charge on any atom is -0.369 e. The Morgan fingerprint density at radius 1 is 1.37 bits per heavy atom. The van der Waals surface area contributed by atoms with Gasteiger partial charge in [-0.15, -0.1) is 0 Å². The monoisotopic (exact) mass is 390 g/mol. The van der Waals surface area contributed by atoms with Crippen LogP contribution in [-0.2, 0) is 4.79 Å². The first-order valence-electron chi connectivity index (χ1n) is 9.37. The normalized spacial score (nSPS) is 22.9. The molecule has 1 saturated heterocycles. The molecule has 0 saturated carbocycles. The summed E-state index contributed by atoms with van der Waals surface area (Å²) in [6.45, 7) is 7.97. The van der Waals surface area contributed by atoms with Crippen molar-refractivity contribution in [2.45, 2.75) is 33.2 Å². The maximum Gasteiger partial charge on any atom is 0.251 e. The summed E-state index contributed by atoms with van der Waals surface area (Å²) in [5, 5.41) is 6.70. The Kier molecular flexibility index (Phi) is 5.86. The summed E-state index contributed by atoms with van der Waals surface area (Å²) < 4.78 is 0. The van der Waals surface area contributed by atoms with Crippen molar-refractivity contribution in [3.8, 4) is 0 Å². The highest BCUT2D eigenvalue weighted by Crippen LogP contribution is 2.29. The average Bonchev–Trinajstić information content (AvgIpc) is 2.53. The summed E-state index contributed by atoms with van der Waals surface area (Å²) in [4.78, 5) is 31.2. The zero-order valence-corrected chi connectivity index (χ0v) is 17.1. The van der Waals surface area contributed by atoms with Gasteiger partial charge in [0.05, 0.1) is 12.0 Å². The van der Waals surface area contributed by atoms with E-state index in [1.54, 1.807) is 6.07 Å². The van der Waals surface area contributed by atoms with Crippen LogP contribution < -0.4 is 15.5 Å². The first-order valence-corrected chi connectivity index (χ1v) is 9.75. The Morgan fingerprint density at radius 2 is 2.07 bits per heavy atom. The van der Waals surface area contributed by atoms with E-state index in [2.05, 4.69) is 20.5 Å². The van der Waals surface area contributed by atoms with Crippen LogP contribution in [0.25, 0.3) is 0 Å². The number of carbonyl (C=O) groups excluding carboxylic acids is 2. The van der Waals surface area contributed by atoms with Gasteiger partial charge in [0.15, 0.2) is 0 Å². The third-order valence-electron chi connectivity index (χ3n) is 5.68. The predicted octanol–water partition coefficient (Wildman–Crippen LogP) is 2.43. The number of benzene rings is 1. The van der Waals surface area contributed by atoms with Crippen LogP contribution in [0.4, 0.5) is 5.69 Å². The number of aliphatic imine (C=N–C) groups is 1. The van der Waals surface area contributed by atoms with Gasteiger partial charge in [-0.2, -0.15) is 0 Å². The van der Waals surface area contributed by atoms with Crippen molar-refractivity contribution < 1.29 is 9.59 Å². The fourth-order valence-electron chi connectivity index (χ4n) is 3.77. The molecule has 146 valence electrons. The number of anilines is 1. The number of halogens is 1. The van der Waals surface area contributed by atoms with E-state index in [0.717, 1.165) is 36.5 Å². The zero-order valence-electron chi connectivity index (χ0n) is 16.3. The Morgan fingerprint density at radius 3 is 2.67 bits per heavy atom. The molecule has 0 aliphatic carbocycles. The molecule has 1 aromatic carbocycles. The van der Waals surface area contributed by atoms with E-state index in [4.69, 9.17) is 11.6 Å². The number of hydrogen-bond donors (Lipinski definition) is 2. The van der Waals surface area contributed by atoms with Crippen molar-refractivity contribution >= 4 is 34.8 Å². The molecule has 2 amide bonds. The highest BCUT2D eigenvalue weighted by atomic mass is 35.5. The Balaban J connectivity index is 1.75. The zero-order chi connectivity index (χ0) is 19.7. The Labute approximate surface area is 165 Å². The minimum absolute atomic E-state index is 0.146. The molecule has 0 radical (unpaired) electrons. The topological polar surface area (TPSA) is 73.8 Å². The molecule has 7 heteroatoms. The number of likely N-dealkylation sites (N-methyl/N-ethyl adjacent to an activating group) is 1. The molecule has 0 spiro atoms. The summed E-state index contributed by atoms with van der Waals surface area (Å²) in [6, 6.07) is 3.99. The lowest BCUT2D eigenvalue weighted by molar-refractivity contribution is -0.123. The van der Waals surface area contributed by atoms with E-state index in [9.17, 15) is 9.59 Å². The lowest BCUT2D eigenvalue weighted by Crippen LogP contribution is -2.56. The summed E-state index contributed by atoms with van der Waals surface area (Å²) in [7, 11) is 2.02. The van der Waals surface area contributed by atoms with Crippen LogP contribution in [0, 0.1) is 18.8 Å². The number of rotatable bonds is 5. The minimum atomic E-state index is -0.277. The fourth-order valence-corrected chi connectivity index (χ4v) is 3.98. The van der Waals surface area contributed by atoms with Gasteiger partial charge in [-0.1, -0.05) is 18.5 Å². The second-order valence-corrected chi connectivity index (χ2v) is 8.14. The summed E-state index contributed by atoms with van der Waals surface area (Å²) in [5.74, 6) is -0.459. The molecule has 2 unspecified atom stereocenters. The largest absolute Gasteiger partial charge is 0.369 e. The van der Waals surface area contributed by atoms with Crippen LogP contribution in [0.15, 0.2) is 17.1 Å². The molecular formula is C20H27ClN4O2. The SMILES string of the molecule is CC1=NC(=O)C(CNC(=O)c2cc(Cl)cc(N(C)C3CNC3)c2C)C(C)C1. The molecule has 2 aliphatic heterocycles. The highest BCUT2D eigenvalue weighted by Gasteiger charge is 2.30. The van der Waals surface area contributed by atoms with Crippen molar-refractivity contribution in [1.29, 1.82) is 0 Å². The third-order valence-corrected chi connectivity index (χ3v) is 5.90. The number of nitrogens with zero attached hydrogens (tertiary/aromatic N) is 2. The van der Waals surface area contributed by atoms with Crippen LogP contribution in [0.3, 0.4) is 0 Å². The predicted molar refractivity (Wildman–Crippen MR) is 109 cm³/mol. The lowest BCUT2D eigenvalue weighted by atomic mass is 9.86. The van der Waals surface area contributed by atoms with Gasteiger partial charge in [-0.05, 0) is 43.9 Å². The van der Waals surface area contributed by atoms with Crippen molar-refractivity contribution in [2.24, 2.45) is 16.8 Å². The fraction of sp³-hybridized carbons (Fsp3) is 0.550. The van der Waals surface area contributed by atoms with Crippen LogP contribution in [0.2, 0.25) is 5.02 Å². The van der Waals surface area contributed by atoms with Gasteiger partial charge in [0.25, 0.3) is 11.8 Å². The second-order valence-electron chi connectivity index (χ2n) is 7.70. The van der Waals surface area contributed by atoms with Crippen LogP contribution in [0.5, 0.6) is 0 Å². The lowest BCUT2D eigenvalue weighted by Gasteiger charge is -2.38. The van der Waals surface area contributed by atoms with Crippen LogP contribution in [-0.4, -0.2) is 50.2 Å². The smallest absolute Gasteiger partial charge is 0.251 e. The Bertz CT molecular complexity index is 788. The number of hydrogen-bond acceptors (Lipinski definition) is 4. The highest BCUT2D eigenvalue weighted by molar-refractivity contribution is 6.31. The van der Waals surface area contributed by atoms with Gasteiger partial charge in [0.1, 0.15) is 0 Å². The van der Waals surface area contributed by atoms with E-state index >= 15 is 0 Å². The van der Waals surface area contributed by atoms with Crippen LogP contribution in [0.1, 0.15) is 36.2 Å². The van der Waals surface area contributed by atoms with Gasteiger partial charge >= 0.3 is 0 Å². The molecule has 0 aromatic heterocycles. The standard InChI is InChI=1S/C20H27ClN4O2/c1-11-5-12(2)24-20(27)17(11)10-23-19(26)16-6-14(21)7-18(13(16)3)25(4)15-8-22-9-15/h6-7,11,15,17,22H,5,8-10H2,1-4H3,(H,23,26). The van der Waals surface area contributed by atoms with Crippen molar-refractivity contribution in [3.05, 3.63) is 28.3 Å². The summed E-state index contributed by atoms with van der Waals surface area (Å²) >= 11 is 6.29. The second kappa shape index (κ2) is 7.98. The van der Waals surface area contributed by atoms with Gasteiger partial charge in [-0.25, -0.2) is 4.99 Å². The Hall–Kier alpha value is -1.92. The molecule has 2 atom stereocenters. The molecule has 1 fully saturated rings. The van der Waals surface area contributed by atoms with Gasteiger partial charge in [-0.3, -0.25) is 9.59 Å². The van der Waals surface area contributed by atoms with Crippen molar-refractivity contribution in [2.75, 3.05) is 31.6 Å². The van der Waals surface area contributed by atoms with Gasteiger partial charge in [0.2, 0.25) is 0 Å². The van der Waals surface area contributed by atoms with Crippen LogP contribution >= 0.6 is 11.6 Å². The molecule has 2 aliphatic rings. The van der Waals surface area contributed by atoms with Gasteiger partial charge < -0.3 is 15.5 Å². The maximum atomic E-state index is 12.8. The molecule has 0 bridgehead atoms. The number of amides is 2. The molecule has 1 aromatic rings. The molecule has 2 N–H and O–H groups in total. The quantitative estimate of drug-likeness (QED) is 0.809. The molecule has 6 nitrogen and oxygen atoms in total. The number of carbonyl (C=O) groups is 2. The first-order chi connectivity index (χ1) is 12.8. The molecule has 3 rings (SSSR count). The first kappa shape index (κ1) is 19.8. The molecule has 27 heavy (non-hydrogen) atoms. The van der Waals surface area contributed by atoms with E-state index in [0.29, 0.717) is 23.2 Å². The number of nitrogens with one attached hydrogen (secondary N) is 2. The third kappa shape index (κ3) is 4.17. The average molecular weight is 391 g/mol. The summed E-state index contributed by atoms with van der Waals surface area (Å²) in [5.41, 5.74) is 3.26.